The third-order valence-electron chi connectivity index (χ3n) is 3.48. The van der Waals surface area contributed by atoms with Gasteiger partial charge in [-0.3, -0.25) is 9.36 Å². The smallest absolute Gasteiger partial charge is 0.335 e. The first kappa shape index (κ1) is 15.5. The number of halogens is 1. The van der Waals surface area contributed by atoms with E-state index in [0.29, 0.717) is 22.5 Å². The Bertz CT molecular complexity index is 1020. The van der Waals surface area contributed by atoms with Crippen molar-refractivity contribution >= 4 is 40.7 Å². The maximum atomic E-state index is 12.6. The van der Waals surface area contributed by atoms with Gasteiger partial charge in [-0.25, -0.2) is 4.79 Å². The fourth-order valence-electron chi connectivity index (χ4n) is 2.30. The van der Waals surface area contributed by atoms with Gasteiger partial charge in [-0.1, -0.05) is 23.7 Å². The number of aromatic amines is 1. The van der Waals surface area contributed by atoms with E-state index in [1.54, 1.807) is 12.1 Å². The zero-order valence-electron chi connectivity index (χ0n) is 11.7. The number of fused-ring (bicyclic) bond motifs is 1. The topological polar surface area (TPSA) is 75.1 Å². The second-order valence-electron chi connectivity index (χ2n) is 5.01. The van der Waals surface area contributed by atoms with Crippen molar-refractivity contribution in [3.05, 3.63) is 73.7 Å². The predicted octanol–water partition coefficient (Wildman–Crippen LogP) is 3.46. The van der Waals surface area contributed by atoms with Gasteiger partial charge in [0.25, 0.3) is 5.56 Å². The van der Waals surface area contributed by atoms with E-state index in [1.165, 1.54) is 22.8 Å². The van der Waals surface area contributed by atoms with E-state index in [4.69, 9.17) is 28.9 Å². The lowest BCUT2D eigenvalue weighted by Crippen LogP contribution is -2.23. The third kappa shape index (κ3) is 3.04. The van der Waals surface area contributed by atoms with Crippen LogP contribution >= 0.6 is 23.8 Å². The summed E-state index contributed by atoms with van der Waals surface area (Å²) in [6, 6.07) is 11.4. The molecule has 0 spiro atoms. The van der Waals surface area contributed by atoms with Gasteiger partial charge in [0.2, 0.25) is 0 Å². The highest BCUT2D eigenvalue weighted by Gasteiger charge is 2.09. The molecule has 23 heavy (non-hydrogen) atoms. The van der Waals surface area contributed by atoms with Crippen LogP contribution < -0.4 is 5.56 Å². The molecule has 0 saturated carbocycles. The average molecular weight is 347 g/mol. The molecule has 7 heteroatoms. The SMILES string of the molecule is O=C(O)c1ccc2c(=O)n(Cc3ccc(Cl)cc3)c(=S)[nH]c2c1. The number of H-pyrrole nitrogens is 1. The van der Waals surface area contributed by atoms with Crippen molar-refractivity contribution in [3.63, 3.8) is 0 Å². The fourth-order valence-corrected chi connectivity index (χ4v) is 2.69. The Morgan fingerprint density at radius 2 is 1.91 bits per heavy atom. The van der Waals surface area contributed by atoms with Crippen molar-refractivity contribution in [3.8, 4) is 0 Å². The van der Waals surface area contributed by atoms with Crippen molar-refractivity contribution in [2.75, 3.05) is 0 Å². The summed E-state index contributed by atoms with van der Waals surface area (Å²) in [7, 11) is 0. The minimum absolute atomic E-state index is 0.0954. The average Bonchev–Trinajstić information content (AvgIpc) is 2.52. The third-order valence-corrected chi connectivity index (χ3v) is 4.06. The van der Waals surface area contributed by atoms with Crippen LogP contribution in [-0.2, 0) is 6.54 Å². The Labute approximate surface area is 140 Å². The largest absolute Gasteiger partial charge is 0.478 e. The highest BCUT2D eigenvalue weighted by molar-refractivity contribution is 7.71. The summed E-state index contributed by atoms with van der Waals surface area (Å²) in [5.41, 5.74) is 1.12. The summed E-state index contributed by atoms with van der Waals surface area (Å²) in [5, 5.41) is 10.0. The molecule has 0 aliphatic carbocycles. The lowest BCUT2D eigenvalue weighted by atomic mass is 10.1. The van der Waals surface area contributed by atoms with Crippen LogP contribution in [-0.4, -0.2) is 20.6 Å². The summed E-state index contributed by atoms with van der Waals surface area (Å²) in [6.07, 6.45) is 0. The molecule has 2 aromatic carbocycles. The zero-order valence-corrected chi connectivity index (χ0v) is 13.3. The highest BCUT2D eigenvalue weighted by atomic mass is 35.5. The summed E-state index contributed by atoms with van der Waals surface area (Å²) in [4.78, 5) is 26.5. The molecule has 2 N–H and O–H groups in total. The van der Waals surface area contributed by atoms with Crippen LogP contribution in [0.25, 0.3) is 10.9 Å². The number of rotatable bonds is 3. The van der Waals surface area contributed by atoms with Crippen LogP contribution in [0.4, 0.5) is 0 Å². The number of benzene rings is 2. The minimum atomic E-state index is -1.06. The van der Waals surface area contributed by atoms with Gasteiger partial charge < -0.3 is 10.1 Å². The predicted molar refractivity (Wildman–Crippen MR) is 90.9 cm³/mol. The van der Waals surface area contributed by atoms with Crippen LogP contribution in [0.5, 0.6) is 0 Å². The molecular weight excluding hydrogens is 336 g/mol. The summed E-state index contributed by atoms with van der Waals surface area (Å²) >= 11 is 11.1. The highest BCUT2D eigenvalue weighted by Crippen LogP contribution is 2.13. The first-order chi connectivity index (χ1) is 11.0. The number of nitrogens with zero attached hydrogens (tertiary/aromatic N) is 1. The van der Waals surface area contributed by atoms with Crippen LogP contribution in [0.15, 0.2) is 47.3 Å². The maximum Gasteiger partial charge on any atom is 0.335 e. The number of carboxylic acids is 1. The number of carboxylic acid groups (broad SMARTS) is 1. The Kier molecular flexibility index (Phi) is 4.02. The molecule has 0 unspecified atom stereocenters. The number of carbonyl (C=O) groups is 1. The number of nitrogens with one attached hydrogen (secondary N) is 1. The molecule has 0 atom stereocenters. The van der Waals surface area contributed by atoms with E-state index in [2.05, 4.69) is 4.98 Å². The van der Waals surface area contributed by atoms with E-state index in [1.807, 2.05) is 12.1 Å². The van der Waals surface area contributed by atoms with Crippen LogP contribution in [0.2, 0.25) is 5.02 Å². The number of hydrogen-bond acceptors (Lipinski definition) is 3. The van der Waals surface area contributed by atoms with Gasteiger partial charge in [0.15, 0.2) is 4.77 Å². The summed E-state index contributed by atoms with van der Waals surface area (Å²) < 4.78 is 1.67. The van der Waals surface area contributed by atoms with E-state index >= 15 is 0 Å². The molecule has 116 valence electrons. The molecule has 0 aliphatic heterocycles. The normalized spacial score (nSPS) is 10.8. The first-order valence-corrected chi connectivity index (χ1v) is 7.49. The second-order valence-corrected chi connectivity index (χ2v) is 5.84. The lowest BCUT2D eigenvalue weighted by molar-refractivity contribution is 0.0697. The molecule has 0 fully saturated rings. The van der Waals surface area contributed by atoms with Gasteiger partial charge >= 0.3 is 5.97 Å². The van der Waals surface area contributed by atoms with Crippen molar-refractivity contribution in [1.29, 1.82) is 0 Å². The fraction of sp³-hybridized carbons (Fsp3) is 0.0625. The minimum Gasteiger partial charge on any atom is -0.478 e. The molecule has 5 nitrogen and oxygen atoms in total. The zero-order chi connectivity index (χ0) is 16.6. The molecule has 0 radical (unpaired) electrons. The van der Waals surface area contributed by atoms with Crippen molar-refractivity contribution in [2.24, 2.45) is 0 Å². The van der Waals surface area contributed by atoms with Gasteiger partial charge in [-0.15, -0.1) is 0 Å². The van der Waals surface area contributed by atoms with E-state index in [-0.39, 0.29) is 15.9 Å². The number of aromatic carboxylic acids is 1. The van der Waals surface area contributed by atoms with Crippen molar-refractivity contribution in [2.45, 2.75) is 6.54 Å². The number of aromatic nitrogens is 2. The van der Waals surface area contributed by atoms with Gasteiger partial charge in [-0.2, -0.15) is 0 Å². The van der Waals surface area contributed by atoms with E-state index in [0.717, 1.165) is 5.56 Å². The van der Waals surface area contributed by atoms with E-state index < -0.39 is 5.97 Å². The summed E-state index contributed by atoms with van der Waals surface area (Å²) in [5.74, 6) is -1.06. The molecule has 1 aromatic heterocycles. The monoisotopic (exact) mass is 346 g/mol. The number of hydrogen-bond donors (Lipinski definition) is 2. The molecule has 0 amide bonds. The maximum absolute atomic E-state index is 12.6. The van der Waals surface area contributed by atoms with E-state index in [9.17, 15) is 9.59 Å². The quantitative estimate of drug-likeness (QED) is 0.712. The van der Waals surface area contributed by atoms with Gasteiger partial charge in [0, 0.05) is 5.02 Å². The van der Waals surface area contributed by atoms with Crippen molar-refractivity contribution in [1.82, 2.24) is 9.55 Å². The first-order valence-electron chi connectivity index (χ1n) is 6.70. The van der Waals surface area contributed by atoms with Crippen LogP contribution in [0, 0.1) is 4.77 Å². The van der Waals surface area contributed by atoms with Gasteiger partial charge in [-0.05, 0) is 48.1 Å². The molecular formula is C16H11ClN2O3S. The standard InChI is InChI=1S/C16H11ClN2O3S/c17-11-4-1-9(2-5-11)8-19-14(20)12-6-3-10(15(21)22)7-13(12)18-16(19)23/h1-7H,8H2,(H,18,23)(H,21,22). The van der Waals surface area contributed by atoms with Gasteiger partial charge in [0.1, 0.15) is 0 Å². The molecule has 1 heterocycles. The Morgan fingerprint density at radius 3 is 2.57 bits per heavy atom. The molecule has 3 rings (SSSR count). The van der Waals surface area contributed by atoms with Gasteiger partial charge in [0.05, 0.1) is 23.0 Å². The molecule has 0 aliphatic rings. The molecule has 0 bridgehead atoms. The lowest BCUT2D eigenvalue weighted by Gasteiger charge is -2.09. The second kappa shape index (κ2) is 5.98. The Morgan fingerprint density at radius 1 is 1.22 bits per heavy atom. The molecule has 3 aromatic rings. The molecule has 0 saturated heterocycles. The van der Waals surface area contributed by atoms with Crippen LogP contribution in [0.3, 0.4) is 0 Å². The Balaban J connectivity index is 2.13. The Hall–Kier alpha value is -2.44. The summed E-state index contributed by atoms with van der Waals surface area (Å²) in [6.45, 7) is 0.307. The van der Waals surface area contributed by atoms with Crippen molar-refractivity contribution < 1.29 is 9.90 Å². The van der Waals surface area contributed by atoms with Crippen LogP contribution in [0.1, 0.15) is 15.9 Å².